The topological polar surface area (TPSA) is 92.1 Å². The van der Waals surface area contributed by atoms with Crippen molar-refractivity contribution in [1.82, 2.24) is 10.5 Å². The molecule has 2 rings (SSSR count). The van der Waals surface area contributed by atoms with Crippen LogP contribution in [0.3, 0.4) is 0 Å². The second-order valence-electron chi connectivity index (χ2n) is 2.62. The summed E-state index contributed by atoms with van der Waals surface area (Å²) in [6.07, 6.45) is 2.98. The Morgan fingerprint density at radius 1 is 1.53 bits per heavy atom. The highest BCUT2D eigenvalue weighted by atomic mass is 16.5. The fourth-order valence-corrected chi connectivity index (χ4v) is 1.03. The van der Waals surface area contributed by atoms with Gasteiger partial charge in [0.15, 0.2) is 17.6 Å². The Balaban J connectivity index is 2.26. The van der Waals surface area contributed by atoms with Crippen molar-refractivity contribution in [2.24, 2.45) is 0 Å². The van der Waals surface area contributed by atoms with Gasteiger partial charge in [-0.2, -0.15) is 5.26 Å². The minimum atomic E-state index is -0.612. The highest BCUT2D eigenvalue weighted by Crippen LogP contribution is 2.20. The summed E-state index contributed by atoms with van der Waals surface area (Å²) in [6, 6.07) is 4.75. The van der Waals surface area contributed by atoms with Crippen LogP contribution < -0.4 is 5.32 Å². The van der Waals surface area contributed by atoms with Gasteiger partial charge >= 0.3 is 0 Å². The average molecular weight is 203 g/mol. The van der Waals surface area contributed by atoms with Gasteiger partial charge in [0.25, 0.3) is 5.91 Å². The number of nitrogens with zero attached hydrogens (tertiary/aromatic N) is 2. The summed E-state index contributed by atoms with van der Waals surface area (Å²) >= 11 is 0. The minimum Gasteiger partial charge on any atom is -0.461 e. The molecular formula is C9H5N3O3. The van der Waals surface area contributed by atoms with Crippen LogP contribution in [-0.2, 0) is 0 Å². The van der Waals surface area contributed by atoms with Crippen molar-refractivity contribution in [3.63, 3.8) is 0 Å². The largest absolute Gasteiger partial charge is 0.461 e. The van der Waals surface area contributed by atoms with Crippen LogP contribution in [0.25, 0.3) is 11.5 Å². The molecule has 15 heavy (non-hydrogen) atoms. The van der Waals surface area contributed by atoms with Crippen molar-refractivity contribution < 1.29 is 13.7 Å². The first kappa shape index (κ1) is 9.02. The lowest BCUT2D eigenvalue weighted by molar-refractivity contribution is 0.0964. The van der Waals surface area contributed by atoms with Gasteiger partial charge in [-0.25, -0.2) is 0 Å². The molecular weight excluding hydrogens is 198 g/mol. The van der Waals surface area contributed by atoms with E-state index in [1.54, 1.807) is 12.1 Å². The zero-order valence-electron chi connectivity index (χ0n) is 7.43. The summed E-state index contributed by atoms with van der Waals surface area (Å²) < 4.78 is 9.90. The number of rotatable bonds is 2. The molecule has 0 radical (unpaired) electrons. The van der Waals surface area contributed by atoms with E-state index in [0.717, 1.165) is 0 Å². The predicted molar refractivity (Wildman–Crippen MR) is 47.3 cm³/mol. The smallest absolute Gasteiger partial charge is 0.286 e. The fourth-order valence-electron chi connectivity index (χ4n) is 1.03. The first-order valence-electron chi connectivity index (χ1n) is 4.01. The molecule has 0 bridgehead atoms. The second-order valence-corrected chi connectivity index (χ2v) is 2.62. The maximum atomic E-state index is 11.1. The maximum absolute atomic E-state index is 11.1. The molecule has 6 nitrogen and oxygen atoms in total. The van der Waals surface area contributed by atoms with Crippen LogP contribution in [0.15, 0.2) is 33.4 Å². The van der Waals surface area contributed by atoms with Gasteiger partial charge in [-0.3, -0.25) is 10.1 Å². The molecule has 6 heteroatoms. The number of hydrogen-bond acceptors (Lipinski definition) is 5. The van der Waals surface area contributed by atoms with E-state index in [9.17, 15) is 4.79 Å². The second kappa shape index (κ2) is 3.67. The number of carbonyl (C=O) groups is 1. The molecule has 0 aliphatic rings. The Bertz CT molecular complexity index is 507. The van der Waals surface area contributed by atoms with Gasteiger partial charge in [-0.1, -0.05) is 5.16 Å². The first-order valence-corrected chi connectivity index (χ1v) is 4.01. The highest BCUT2D eigenvalue weighted by molar-refractivity contribution is 5.93. The van der Waals surface area contributed by atoms with Gasteiger partial charge in [0, 0.05) is 6.07 Å². The Morgan fingerprint density at radius 2 is 2.40 bits per heavy atom. The van der Waals surface area contributed by atoms with Crippen molar-refractivity contribution in [2.75, 3.05) is 0 Å². The molecule has 74 valence electrons. The zero-order valence-corrected chi connectivity index (χ0v) is 7.43. The van der Waals surface area contributed by atoms with E-state index >= 15 is 0 Å². The molecule has 0 atom stereocenters. The third kappa shape index (κ3) is 1.71. The predicted octanol–water partition coefficient (Wildman–Crippen LogP) is 1.15. The normalized spacial score (nSPS) is 9.53. The minimum absolute atomic E-state index is 0.0305. The Morgan fingerprint density at radius 3 is 3.07 bits per heavy atom. The molecule has 2 aromatic heterocycles. The molecule has 0 saturated carbocycles. The van der Waals surface area contributed by atoms with Crippen LogP contribution in [0.1, 0.15) is 10.5 Å². The molecule has 2 heterocycles. The third-order valence-electron chi connectivity index (χ3n) is 1.68. The van der Waals surface area contributed by atoms with Crippen LogP contribution in [0.4, 0.5) is 0 Å². The number of hydrogen-bond donors (Lipinski definition) is 1. The standard InChI is InChI=1S/C9H5N3O3/c10-5-11-9(13)6-4-8(15-12-6)7-2-1-3-14-7/h1-4H,(H,11,13). The lowest BCUT2D eigenvalue weighted by atomic mass is 10.3. The third-order valence-corrected chi connectivity index (χ3v) is 1.68. The number of nitriles is 1. The monoisotopic (exact) mass is 203 g/mol. The van der Waals surface area contributed by atoms with Crippen molar-refractivity contribution in [3.8, 4) is 17.7 Å². The van der Waals surface area contributed by atoms with Crippen molar-refractivity contribution in [1.29, 1.82) is 5.26 Å². The average Bonchev–Trinajstić information content (AvgIpc) is 2.89. The summed E-state index contributed by atoms with van der Waals surface area (Å²) in [4.78, 5) is 11.1. The van der Waals surface area contributed by atoms with Gasteiger partial charge in [0.05, 0.1) is 6.26 Å². The summed E-state index contributed by atoms with van der Waals surface area (Å²) in [5.74, 6) is 0.195. The first-order chi connectivity index (χ1) is 7.31. The summed E-state index contributed by atoms with van der Waals surface area (Å²) in [6.45, 7) is 0. The molecule has 0 aromatic carbocycles. The van der Waals surface area contributed by atoms with Gasteiger partial charge in [0.1, 0.15) is 0 Å². The van der Waals surface area contributed by atoms with Crippen molar-refractivity contribution in [3.05, 3.63) is 30.2 Å². The highest BCUT2D eigenvalue weighted by Gasteiger charge is 2.14. The number of nitrogens with one attached hydrogen (secondary N) is 1. The molecule has 1 N–H and O–H groups in total. The molecule has 0 aliphatic heterocycles. The summed E-state index contributed by atoms with van der Waals surface area (Å²) in [5.41, 5.74) is 0.0305. The van der Waals surface area contributed by atoms with Crippen LogP contribution >= 0.6 is 0 Å². The maximum Gasteiger partial charge on any atom is 0.286 e. The van der Waals surface area contributed by atoms with Crippen LogP contribution in [0, 0.1) is 11.5 Å². The number of amides is 1. The van der Waals surface area contributed by atoms with Gasteiger partial charge in [-0.15, -0.1) is 0 Å². The van der Waals surface area contributed by atoms with Gasteiger partial charge in [0.2, 0.25) is 5.76 Å². The molecule has 0 unspecified atom stereocenters. The lowest BCUT2D eigenvalue weighted by Gasteiger charge is -1.86. The number of furan rings is 1. The Kier molecular flexibility index (Phi) is 2.21. The van der Waals surface area contributed by atoms with E-state index in [4.69, 9.17) is 14.2 Å². The molecule has 2 aromatic rings. The van der Waals surface area contributed by atoms with Crippen LogP contribution in [0.2, 0.25) is 0 Å². The number of carbonyl (C=O) groups excluding carboxylic acids is 1. The van der Waals surface area contributed by atoms with E-state index < -0.39 is 5.91 Å². The van der Waals surface area contributed by atoms with E-state index in [1.807, 2.05) is 5.32 Å². The lowest BCUT2D eigenvalue weighted by Crippen LogP contribution is -2.17. The van der Waals surface area contributed by atoms with Crippen LogP contribution in [-0.4, -0.2) is 11.1 Å². The quantitative estimate of drug-likeness (QED) is 0.583. The Hall–Kier alpha value is -2.55. The van der Waals surface area contributed by atoms with E-state index in [-0.39, 0.29) is 5.69 Å². The van der Waals surface area contributed by atoms with Gasteiger partial charge < -0.3 is 8.94 Å². The van der Waals surface area contributed by atoms with E-state index in [0.29, 0.717) is 11.5 Å². The fraction of sp³-hybridized carbons (Fsp3) is 0. The van der Waals surface area contributed by atoms with Crippen molar-refractivity contribution in [2.45, 2.75) is 0 Å². The summed E-state index contributed by atoms with van der Waals surface area (Å²) in [7, 11) is 0. The molecule has 0 spiro atoms. The summed E-state index contributed by atoms with van der Waals surface area (Å²) in [5, 5.41) is 13.7. The molecule has 0 saturated heterocycles. The SMILES string of the molecule is N#CNC(=O)c1cc(-c2ccco2)on1. The Labute approximate surface area is 84.1 Å². The number of aromatic nitrogens is 1. The molecule has 0 fully saturated rings. The zero-order chi connectivity index (χ0) is 10.7. The molecule has 1 amide bonds. The van der Waals surface area contributed by atoms with E-state index in [2.05, 4.69) is 5.16 Å². The molecule has 0 aliphatic carbocycles. The van der Waals surface area contributed by atoms with Gasteiger partial charge in [-0.05, 0) is 12.1 Å². The van der Waals surface area contributed by atoms with Crippen LogP contribution in [0.5, 0.6) is 0 Å². The van der Waals surface area contributed by atoms with E-state index in [1.165, 1.54) is 18.5 Å². The van der Waals surface area contributed by atoms with Crippen molar-refractivity contribution >= 4 is 5.91 Å².